The highest BCUT2D eigenvalue weighted by molar-refractivity contribution is 5.85. The highest BCUT2D eigenvalue weighted by Gasteiger charge is 2.26. The average Bonchev–Trinajstić information content (AvgIpc) is 2.07. The van der Waals surface area contributed by atoms with Crippen LogP contribution < -0.4 is 5.32 Å². The van der Waals surface area contributed by atoms with E-state index in [0.717, 1.165) is 12.1 Å². The molecule has 1 aromatic rings. The Morgan fingerprint density at radius 1 is 1.12 bits per heavy atom. The molecule has 0 saturated carbocycles. The van der Waals surface area contributed by atoms with Crippen molar-refractivity contribution in [1.29, 1.82) is 0 Å². The van der Waals surface area contributed by atoms with E-state index in [4.69, 9.17) is 0 Å². The van der Waals surface area contributed by atoms with Crippen LogP contribution in [0.2, 0.25) is 0 Å². The van der Waals surface area contributed by atoms with Gasteiger partial charge in [-0.05, 0) is 6.07 Å². The van der Waals surface area contributed by atoms with Gasteiger partial charge in [0.1, 0.15) is 11.6 Å². The molecule has 1 N–H and O–H groups in total. The molecule has 0 heterocycles. The molecule has 0 saturated heterocycles. The van der Waals surface area contributed by atoms with Crippen molar-refractivity contribution in [2.45, 2.75) is 12.7 Å². The van der Waals surface area contributed by atoms with Gasteiger partial charge in [-0.15, -0.1) is 12.4 Å². The van der Waals surface area contributed by atoms with Crippen LogP contribution in [-0.2, 0) is 6.54 Å². The third kappa shape index (κ3) is 5.27. The molecule has 0 spiro atoms. The minimum absolute atomic E-state index is 0. The molecule has 0 radical (unpaired) electrons. The summed E-state index contributed by atoms with van der Waals surface area (Å²) in [5.41, 5.74) is 0.000602. The van der Waals surface area contributed by atoms with Gasteiger partial charge in [-0.25, -0.2) is 8.78 Å². The van der Waals surface area contributed by atoms with E-state index >= 15 is 0 Å². The zero-order valence-electron chi connectivity index (χ0n) is 7.94. The van der Waals surface area contributed by atoms with E-state index in [1.54, 1.807) is 0 Å². The summed E-state index contributed by atoms with van der Waals surface area (Å²) in [4.78, 5) is 0. The van der Waals surface area contributed by atoms with E-state index in [0.29, 0.717) is 6.07 Å². The molecule has 0 aliphatic heterocycles. The van der Waals surface area contributed by atoms with Gasteiger partial charge in [-0.1, -0.05) is 6.07 Å². The van der Waals surface area contributed by atoms with Crippen LogP contribution in [0.15, 0.2) is 18.2 Å². The van der Waals surface area contributed by atoms with Crippen LogP contribution in [0.25, 0.3) is 0 Å². The predicted octanol–water partition coefficient (Wildman–Crippen LogP) is 3.04. The number of benzene rings is 1. The maximum atomic E-state index is 12.9. The Morgan fingerprint density at radius 2 is 1.75 bits per heavy atom. The fraction of sp³-hybridized carbons (Fsp3) is 0.333. The molecule has 1 nitrogen and oxygen atoms in total. The summed E-state index contributed by atoms with van der Waals surface area (Å²) in [7, 11) is 0. The largest absolute Gasteiger partial charge is 0.401 e. The van der Waals surface area contributed by atoms with Gasteiger partial charge in [-0.3, -0.25) is 0 Å². The number of hydrogen-bond acceptors (Lipinski definition) is 1. The third-order valence-corrected chi connectivity index (χ3v) is 1.66. The standard InChI is InChI=1S/C9H8F5N.ClH/c10-7-2-1-6(8(11)3-7)4-15-5-9(12,13)14;/h1-3,15H,4-5H2;1H. The highest BCUT2D eigenvalue weighted by Crippen LogP contribution is 2.13. The Balaban J connectivity index is 0.00000225. The lowest BCUT2D eigenvalue weighted by molar-refractivity contribution is -0.125. The number of nitrogens with one attached hydrogen (secondary N) is 1. The average molecular weight is 262 g/mol. The summed E-state index contributed by atoms with van der Waals surface area (Å²) < 4.78 is 60.4. The molecule has 0 fully saturated rings. The smallest absolute Gasteiger partial charge is 0.304 e. The molecule has 1 aromatic carbocycles. The Bertz CT molecular complexity index is 339. The van der Waals surface area contributed by atoms with Crippen LogP contribution in [-0.4, -0.2) is 12.7 Å². The molecule has 92 valence electrons. The van der Waals surface area contributed by atoms with Crippen molar-refractivity contribution in [3.8, 4) is 0 Å². The third-order valence-electron chi connectivity index (χ3n) is 1.66. The lowest BCUT2D eigenvalue weighted by Gasteiger charge is -2.08. The first-order chi connectivity index (χ1) is 6.88. The maximum Gasteiger partial charge on any atom is 0.401 e. The van der Waals surface area contributed by atoms with Crippen molar-refractivity contribution in [3.63, 3.8) is 0 Å². The first-order valence-corrected chi connectivity index (χ1v) is 4.10. The second-order valence-corrected chi connectivity index (χ2v) is 2.95. The van der Waals surface area contributed by atoms with Crippen LogP contribution in [0.1, 0.15) is 5.56 Å². The summed E-state index contributed by atoms with van der Waals surface area (Å²) in [5.74, 6) is -1.61. The zero-order chi connectivity index (χ0) is 11.5. The summed E-state index contributed by atoms with van der Waals surface area (Å²) in [5, 5.41) is 2.01. The van der Waals surface area contributed by atoms with Crippen molar-refractivity contribution in [2.75, 3.05) is 6.54 Å². The number of halogens is 6. The normalized spacial score (nSPS) is 11.1. The number of alkyl halides is 3. The minimum atomic E-state index is -4.34. The molecule has 0 atom stereocenters. The molecule has 16 heavy (non-hydrogen) atoms. The quantitative estimate of drug-likeness (QED) is 0.825. The SMILES string of the molecule is Cl.Fc1ccc(CNCC(F)(F)F)c(F)c1. The van der Waals surface area contributed by atoms with Gasteiger partial charge in [0.15, 0.2) is 0 Å². The van der Waals surface area contributed by atoms with E-state index in [-0.39, 0.29) is 24.5 Å². The molecule has 0 amide bonds. The Labute approximate surface area is 95.1 Å². The van der Waals surface area contributed by atoms with Gasteiger partial charge in [0.25, 0.3) is 0 Å². The fourth-order valence-corrected chi connectivity index (χ4v) is 1.00. The molecular weight excluding hydrogens is 253 g/mol. The lowest BCUT2D eigenvalue weighted by Crippen LogP contribution is -2.28. The Hall–Kier alpha value is -0.880. The van der Waals surface area contributed by atoms with Gasteiger partial charge in [0, 0.05) is 18.2 Å². The van der Waals surface area contributed by atoms with E-state index in [1.807, 2.05) is 5.32 Å². The summed E-state index contributed by atoms with van der Waals surface area (Å²) in [6.07, 6.45) is -4.34. The monoisotopic (exact) mass is 261 g/mol. The summed E-state index contributed by atoms with van der Waals surface area (Å²) in [6, 6.07) is 2.73. The topological polar surface area (TPSA) is 12.0 Å². The van der Waals surface area contributed by atoms with E-state index in [9.17, 15) is 22.0 Å². The van der Waals surface area contributed by atoms with Gasteiger partial charge in [-0.2, -0.15) is 13.2 Å². The number of rotatable bonds is 3. The van der Waals surface area contributed by atoms with Crippen molar-refractivity contribution in [1.82, 2.24) is 5.32 Å². The summed E-state index contributed by atoms with van der Waals surface area (Å²) >= 11 is 0. The molecule has 1 rings (SSSR count). The Morgan fingerprint density at radius 3 is 2.25 bits per heavy atom. The Kier molecular flexibility index (Phi) is 5.67. The van der Waals surface area contributed by atoms with Crippen LogP contribution >= 0.6 is 12.4 Å². The highest BCUT2D eigenvalue weighted by atomic mass is 35.5. The van der Waals surface area contributed by atoms with Crippen LogP contribution in [0.3, 0.4) is 0 Å². The van der Waals surface area contributed by atoms with Gasteiger partial charge in [0.2, 0.25) is 0 Å². The van der Waals surface area contributed by atoms with E-state index in [2.05, 4.69) is 0 Å². The second kappa shape index (κ2) is 6.00. The van der Waals surface area contributed by atoms with Crippen LogP contribution in [0.4, 0.5) is 22.0 Å². The van der Waals surface area contributed by atoms with Gasteiger partial charge < -0.3 is 5.32 Å². The van der Waals surface area contributed by atoms with Crippen LogP contribution in [0, 0.1) is 11.6 Å². The molecule has 0 aliphatic carbocycles. The summed E-state index contributed by atoms with van der Waals surface area (Å²) in [6.45, 7) is -1.49. The maximum absolute atomic E-state index is 12.9. The van der Waals surface area contributed by atoms with E-state index < -0.39 is 24.4 Å². The first-order valence-electron chi connectivity index (χ1n) is 4.10. The molecule has 0 aromatic heterocycles. The molecule has 7 heteroatoms. The molecule has 0 unspecified atom stereocenters. The fourth-order valence-electron chi connectivity index (χ4n) is 1.00. The minimum Gasteiger partial charge on any atom is -0.304 e. The van der Waals surface area contributed by atoms with Crippen molar-refractivity contribution in [3.05, 3.63) is 35.4 Å². The number of hydrogen-bond donors (Lipinski definition) is 1. The molecule has 0 aliphatic rings. The first kappa shape index (κ1) is 15.1. The van der Waals surface area contributed by atoms with Crippen molar-refractivity contribution < 1.29 is 22.0 Å². The van der Waals surface area contributed by atoms with Crippen molar-refractivity contribution in [2.24, 2.45) is 0 Å². The van der Waals surface area contributed by atoms with Gasteiger partial charge >= 0.3 is 6.18 Å². The molecule has 0 bridgehead atoms. The lowest BCUT2D eigenvalue weighted by atomic mass is 10.2. The predicted molar refractivity (Wildman–Crippen MR) is 51.4 cm³/mol. The van der Waals surface area contributed by atoms with Crippen molar-refractivity contribution >= 4 is 12.4 Å². The van der Waals surface area contributed by atoms with E-state index in [1.165, 1.54) is 0 Å². The van der Waals surface area contributed by atoms with Gasteiger partial charge in [0.05, 0.1) is 6.54 Å². The zero-order valence-corrected chi connectivity index (χ0v) is 8.76. The second-order valence-electron chi connectivity index (χ2n) is 2.95. The molecular formula is C9H9ClF5N. The van der Waals surface area contributed by atoms with Crippen LogP contribution in [0.5, 0.6) is 0 Å².